The molecule has 0 aliphatic heterocycles. The summed E-state index contributed by atoms with van der Waals surface area (Å²) in [6.45, 7) is 9.45. The lowest BCUT2D eigenvalue weighted by molar-refractivity contribution is 0.287. The molecule has 2 heteroatoms. The van der Waals surface area contributed by atoms with Gasteiger partial charge in [-0.25, -0.2) is 0 Å². The minimum atomic E-state index is 0.669. The van der Waals surface area contributed by atoms with Gasteiger partial charge in [0.15, 0.2) is 11.5 Å². The van der Waals surface area contributed by atoms with Crippen LogP contribution in [-0.4, -0.2) is 13.2 Å². The van der Waals surface area contributed by atoms with Gasteiger partial charge in [0.05, 0.1) is 13.2 Å². The summed E-state index contributed by atoms with van der Waals surface area (Å²) in [6, 6.07) is 4.06. The van der Waals surface area contributed by atoms with E-state index in [1.54, 1.807) is 0 Å². The number of rotatable bonds is 4. The first-order valence-electron chi connectivity index (χ1n) is 5.05. The summed E-state index contributed by atoms with van der Waals surface area (Å²) in [5.74, 6) is 1.69. The molecule has 0 heterocycles. The summed E-state index contributed by atoms with van der Waals surface area (Å²) in [5.41, 5.74) is 2.47. The second kappa shape index (κ2) is 4.89. The summed E-state index contributed by atoms with van der Waals surface area (Å²) >= 11 is 0. The number of benzene rings is 1. The lowest BCUT2D eigenvalue weighted by Crippen LogP contribution is -1.99. The molecule has 2 nitrogen and oxygen atoms in total. The second-order valence-corrected chi connectivity index (χ2v) is 3.25. The molecule has 1 rings (SSSR count). The van der Waals surface area contributed by atoms with Gasteiger partial charge in [-0.3, -0.25) is 0 Å². The van der Waals surface area contributed by atoms with E-state index >= 15 is 0 Å². The fourth-order valence-corrected chi connectivity index (χ4v) is 1.30. The lowest BCUT2D eigenvalue weighted by Gasteiger charge is -2.12. The number of aryl methyl sites for hydroxylation is 2. The molecule has 0 radical (unpaired) electrons. The highest BCUT2D eigenvalue weighted by Gasteiger charge is 2.06. The molecule has 78 valence electrons. The molecule has 0 spiro atoms. The summed E-state index contributed by atoms with van der Waals surface area (Å²) in [4.78, 5) is 0. The Balaban J connectivity index is 3.03. The van der Waals surface area contributed by atoms with Crippen LogP contribution in [0.2, 0.25) is 0 Å². The van der Waals surface area contributed by atoms with Gasteiger partial charge in [0, 0.05) is 0 Å². The van der Waals surface area contributed by atoms with Gasteiger partial charge in [0.1, 0.15) is 0 Å². The molecule has 0 unspecified atom stereocenters. The fraction of sp³-hybridized carbons (Fsp3) is 0.500. The molecule has 1 aromatic rings. The third kappa shape index (κ3) is 2.41. The van der Waals surface area contributed by atoms with Crippen LogP contribution in [0.15, 0.2) is 12.1 Å². The van der Waals surface area contributed by atoms with Crippen LogP contribution in [-0.2, 0) is 0 Å². The Morgan fingerprint density at radius 1 is 0.857 bits per heavy atom. The van der Waals surface area contributed by atoms with Gasteiger partial charge in [0.2, 0.25) is 0 Å². The molecule has 1 aromatic carbocycles. The van der Waals surface area contributed by atoms with Crippen molar-refractivity contribution in [2.75, 3.05) is 13.2 Å². The van der Waals surface area contributed by atoms with E-state index in [-0.39, 0.29) is 0 Å². The zero-order valence-electron chi connectivity index (χ0n) is 9.39. The van der Waals surface area contributed by atoms with Gasteiger partial charge >= 0.3 is 0 Å². The smallest absolute Gasteiger partial charge is 0.161 e. The maximum Gasteiger partial charge on any atom is 0.161 e. The Kier molecular flexibility index (Phi) is 3.81. The number of ether oxygens (including phenoxy) is 2. The maximum absolute atomic E-state index is 5.50. The summed E-state index contributed by atoms with van der Waals surface area (Å²) in [6.07, 6.45) is 0. The summed E-state index contributed by atoms with van der Waals surface area (Å²) < 4.78 is 11.0. The highest BCUT2D eigenvalue weighted by atomic mass is 16.5. The minimum Gasteiger partial charge on any atom is -0.490 e. The fourth-order valence-electron chi connectivity index (χ4n) is 1.30. The van der Waals surface area contributed by atoms with E-state index in [0.29, 0.717) is 13.2 Å². The Morgan fingerprint density at radius 2 is 1.21 bits per heavy atom. The van der Waals surface area contributed by atoms with Crippen LogP contribution < -0.4 is 9.47 Å². The molecule has 0 saturated carbocycles. The molecule has 0 aromatic heterocycles. The molecular weight excluding hydrogens is 176 g/mol. The molecule has 0 aliphatic carbocycles. The van der Waals surface area contributed by atoms with E-state index in [1.165, 1.54) is 11.1 Å². The van der Waals surface area contributed by atoms with Crippen LogP contribution >= 0.6 is 0 Å². The molecular formula is C12H18O2. The molecule has 0 fully saturated rings. The molecule has 0 saturated heterocycles. The monoisotopic (exact) mass is 194 g/mol. The molecule has 0 N–H and O–H groups in total. The van der Waals surface area contributed by atoms with E-state index in [4.69, 9.17) is 9.47 Å². The highest BCUT2D eigenvalue weighted by Crippen LogP contribution is 2.30. The molecule has 0 atom stereocenters. The van der Waals surface area contributed by atoms with E-state index in [9.17, 15) is 0 Å². The van der Waals surface area contributed by atoms with Crippen molar-refractivity contribution in [1.29, 1.82) is 0 Å². The first-order chi connectivity index (χ1) is 6.69. The molecule has 0 amide bonds. The van der Waals surface area contributed by atoms with Crippen molar-refractivity contribution in [1.82, 2.24) is 0 Å². The van der Waals surface area contributed by atoms with Crippen molar-refractivity contribution < 1.29 is 9.47 Å². The van der Waals surface area contributed by atoms with Gasteiger partial charge in [-0.1, -0.05) is 0 Å². The average molecular weight is 194 g/mol. The van der Waals surface area contributed by atoms with Crippen molar-refractivity contribution in [2.24, 2.45) is 0 Å². The topological polar surface area (TPSA) is 18.5 Å². The van der Waals surface area contributed by atoms with Crippen molar-refractivity contribution in [2.45, 2.75) is 27.7 Å². The van der Waals surface area contributed by atoms with E-state index < -0.39 is 0 Å². The normalized spacial score (nSPS) is 10.0. The third-order valence-electron chi connectivity index (χ3n) is 2.16. The lowest BCUT2D eigenvalue weighted by atomic mass is 10.1. The van der Waals surface area contributed by atoms with E-state index in [2.05, 4.69) is 13.8 Å². The van der Waals surface area contributed by atoms with E-state index in [1.807, 2.05) is 26.0 Å². The Bertz CT molecular complexity index is 274. The maximum atomic E-state index is 5.50. The Morgan fingerprint density at radius 3 is 1.50 bits per heavy atom. The van der Waals surface area contributed by atoms with Crippen molar-refractivity contribution in [3.63, 3.8) is 0 Å². The first kappa shape index (κ1) is 10.9. The van der Waals surface area contributed by atoms with Crippen LogP contribution in [0.25, 0.3) is 0 Å². The van der Waals surface area contributed by atoms with Crippen molar-refractivity contribution in [3.05, 3.63) is 23.3 Å². The minimum absolute atomic E-state index is 0.669. The summed E-state index contributed by atoms with van der Waals surface area (Å²) in [7, 11) is 0. The van der Waals surface area contributed by atoms with Gasteiger partial charge in [0.25, 0.3) is 0 Å². The average Bonchev–Trinajstić information content (AvgIpc) is 2.14. The Labute approximate surface area is 85.8 Å². The molecule has 0 bridgehead atoms. The van der Waals surface area contributed by atoms with Crippen LogP contribution in [0.4, 0.5) is 0 Å². The van der Waals surface area contributed by atoms with E-state index in [0.717, 1.165) is 11.5 Å². The molecule has 0 aliphatic rings. The highest BCUT2D eigenvalue weighted by molar-refractivity contribution is 5.46. The Hall–Kier alpha value is -1.18. The second-order valence-electron chi connectivity index (χ2n) is 3.25. The van der Waals surface area contributed by atoms with Crippen LogP contribution in [0.5, 0.6) is 11.5 Å². The first-order valence-corrected chi connectivity index (χ1v) is 5.05. The SMILES string of the molecule is CCOc1cc(C)c(C)cc1OCC. The van der Waals surface area contributed by atoms with Crippen molar-refractivity contribution >= 4 is 0 Å². The van der Waals surface area contributed by atoms with Crippen molar-refractivity contribution in [3.8, 4) is 11.5 Å². The standard InChI is InChI=1S/C12H18O2/c1-5-13-11-7-9(3)10(4)8-12(11)14-6-2/h7-8H,5-6H2,1-4H3. The van der Waals surface area contributed by atoms with Crippen LogP contribution in [0, 0.1) is 13.8 Å². The van der Waals surface area contributed by atoms with Gasteiger partial charge in [-0.05, 0) is 51.0 Å². The number of hydrogen-bond donors (Lipinski definition) is 0. The largest absolute Gasteiger partial charge is 0.490 e. The summed E-state index contributed by atoms with van der Waals surface area (Å²) in [5, 5.41) is 0. The van der Waals surface area contributed by atoms with Gasteiger partial charge in [-0.15, -0.1) is 0 Å². The van der Waals surface area contributed by atoms with Gasteiger partial charge in [-0.2, -0.15) is 0 Å². The zero-order valence-corrected chi connectivity index (χ0v) is 9.39. The number of hydrogen-bond acceptors (Lipinski definition) is 2. The van der Waals surface area contributed by atoms with Crippen LogP contribution in [0.3, 0.4) is 0 Å². The van der Waals surface area contributed by atoms with Crippen LogP contribution in [0.1, 0.15) is 25.0 Å². The zero-order chi connectivity index (χ0) is 10.6. The molecule has 14 heavy (non-hydrogen) atoms. The predicted molar refractivity (Wildman–Crippen MR) is 58.3 cm³/mol. The predicted octanol–water partition coefficient (Wildman–Crippen LogP) is 3.10. The van der Waals surface area contributed by atoms with Gasteiger partial charge < -0.3 is 9.47 Å². The third-order valence-corrected chi connectivity index (χ3v) is 2.16. The quantitative estimate of drug-likeness (QED) is 0.733.